The molecule has 3 rings (SSSR count). The lowest BCUT2D eigenvalue weighted by Crippen LogP contribution is -2.03. The number of imidazole rings is 1. The minimum absolute atomic E-state index is 0.370. The maximum Gasteiger partial charge on any atom is 0.0992 e. The summed E-state index contributed by atoms with van der Waals surface area (Å²) < 4.78 is 2.00. The van der Waals surface area contributed by atoms with Gasteiger partial charge >= 0.3 is 0 Å². The fraction of sp³-hybridized carbons (Fsp3) is 0.250. The number of halogens is 1. The van der Waals surface area contributed by atoms with Crippen molar-refractivity contribution in [3.63, 3.8) is 0 Å². The summed E-state index contributed by atoms with van der Waals surface area (Å²) in [6.07, 6.45) is 7.43. The van der Waals surface area contributed by atoms with E-state index in [1.807, 2.05) is 29.1 Å². The van der Waals surface area contributed by atoms with Gasteiger partial charge in [0.05, 0.1) is 23.7 Å². The lowest BCUT2D eigenvalue weighted by Gasteiger charge is -2.18. The molecule has 2 aromatic heterocycles. The maximum atomic E-state index is 6.29. The standard InChI is InChI=1S/C16H16ClN3/c1-10(2)15-14(20-7-6-18-9-20)8-19-13-5-4-12(17)11(3)16(13)15/h4-10H,1-3H3. The van der Waals surface area contributed by atoms with E-state index < -0.39 is 0 Å². The molecule has 0 saturated heterocycles. The van der Waals surface area contributed by atoms with Gasteiger partial charge in [-0.3, -0.25) is 4.98 Å². The second-order valence-electron chi connectivity index (χ2n) is 5.25. The SMILES string of the molecule is Cc1c(Cl)ccc2ncc(-n3ccnc3)c(C(C)C)c12. The Labute approximate surface area is 123 Å². The first-order valence-corrected chi connectivity index (χ1v) is 7.03. The average molecular weight is 286 g/mol. The first-order valence-electron chi connectivity index (χ1n) is 6.65. The van der Waals surface area contributed by atoms with Gasteiger partial charge in [-0.15, -0.1) is 0 Å². The van der Waals surface area contributed by atoms with Crippen LogP contribution in [0.3, 0.4) is 0 Å². The van der Waals surface area contributed by atoms with E-state index in [9.17, 15) is 0 Å². The van der Waals surface area contributed by atoms with Crippen molar-refractivity contribution in [2.75, 3.05) is 0 Å². The number of hydrogen-bond donors (Lipinski definition) is 0. The zero-order chi connectivity index (χ0) is 14.3. The summed E-state index contributed by atoms with van der Waals surface area (Å²) in [5.74, 6) is 0.370. The van der Waals surface area contributed by atoms with E-state index >= 15 is 0 Å². The largest absolute Gasteiger partial charge is 0.304 e. The predicted octanol–water partition coefficient (Wildman–Crippen LogP) is 4.51. The van der Waals surface area contributed by atoms with Gasteiger partial charge < -0.3 is 4.57 Å². The van der Waals surface area contributed by atoms with E-state index in [-0.39, 0.29) is 0 Å². The van der Waals surface area contributed by atoms with Crippen LogP contribution in [0.2, 0.25) is 5.02 Å². The molecule has 0 bridgehead atoms. The number of fused-ring (bicyclic) bond motifs is 1. The molecule has 0 spiro atoms. The molecule has 4 heteroatoms. The Kier molecular flexibility index (Phi) is 3.22. The summed E-state index contributed by atoms with van der Waals surface area (Å²) >= 11 is 6.29. The first kappa shape index (κ1) is 13.1. The maximum absolute atomic E-state index is 6.29. The van der Waals surface area contributed by atoms with Gasteiger partial charge in [0.15, 0.2) is 0 Å². The third kappa shape index (κ3) is 1.98. The Balaban J connectivity index is 2.44. The van der Waals surface area contributed by atoms with Gasteiger partial charge in [-0.2, -0.15) is 0 Å². The van der Waals surface area contributed by atoms with Gasteiger partial charge in [0.1, 0.15) is 0 Å². The predicted molar refractivity (Wildman–Crippen MR) is 82.7 cm³/mol. The summed E-state index contributed by atoms with van der Waals surface area (Å²) in [5.41, 5.74) is 4.39. The number of hydrogen-bond acceptors (Lipinski definition) is 2. The van der Waals surface area contributed by atoms with Gasteiger partial charge in [0.25, 0.3) is 0 Å². The molecule has 0 N–H and O–H groups in total. The smallest absolute Gasteiger partial charge is 0.0992 e. The molecule has 1 aromatic carbocycles. The highest BCUT2D eigenvalue weighted by Gasteiger charge is 2.16. The van der Waals surface area contributed by atoms with E-state index in [1.54, 1.807) is 12.5 Å². The third-order valence-corrected chi connectivity index (χ3v) is 4.02. The molecule has 102 valence electrons. The minimum atomic E-state index is 0.370. The van der Waals surface area contributed by atoms with Crippen LogP contribution in [-0.2, 0) is 0 Å². The van der Waals surface area contributed by atoms with Crippen LogP contribution in [0.4, 0.5) is 0 Å². The summed E-state index contributed by atoms with van der Waals surface area (Å²) in [6.45, 7) is 6.43. The highest BCUT2D eigenvalue weighted by atomic mass is 35.5. The van der Waals surface area contributed by atoms with Crippen molar-refractivity contribution in [2.24, 2.45) is 0 Å². The Morgan fingerprint density at radius 3 is 2.70 bits per heavy atom. The quantitative estimate of drug-likeness (QED) is 0.694. The van der Waals surface area contributed by atoms with Crippen LogP contribution in [0.25, 0.3) is 16.6 Å². The van der Waals surface area contributed by atoms with Crippen LogP contribution in [0.1, 0.15) is 30.9 Å². The topological polar surface area (TPSA) is 30.7 Å². The van der Waals surface area contributed by atoms with Crippen LogP contribution in [0.5, 0.6) is 0 Å². The van der Waals surface area contributed by atoms with Crippen LogP contribution >= 0.6 is 11.6 Å². The van der Waals surface area contributed by atoms with Crippen molar-refractivity contribution in [1.29, 1.82) is 0 Å². The van der Waals surface area contributed by atoms with Gasteiger partial charge in [-0.1, -0.05) is 25.4 Å². The van der Waals surface area contributed by atoms with Gasteiger partial charge in [-0.05, 0) is 36.1 Å². The number of rotatable bonds is 2. The van der Waals surface area contributed by atoms with E-state index in [1.165, 1.54) is 5.56 Å². The van der Waals surface area contributed by atoms with E-state index in [0.717, 1.165) is 27.2 Å². The Bertz CT molecular complexity index is 761. The third-order valence-electron chi connectivity index (χ3n) is 3.61. The highest BCUT2D eigenvalue weighted by Crippen LogP contribution is 2.34. The molecule has 0 aliphatic carbocycles. The second-order valence-corrected chi connectivity index (χ2v) is 5.66. The molecule has 0 aliphatic heterocycles. The molecule has 2 heterocycles. The Morgan fingerprint density at radius 2 is 2.05 bits per heavy atom. The van der Waals surface area contributed by atoms with Crippen LogP contribution < -0.4 is 0 Å². The van der Waals surface area contributed by atoms with Crippen molar-refractivity contribution in [3.05, 3.63) is 53.2 Å². The molecular weight excluding hydrogens is 270 g/mol. The molecule has 0 fully saturated rings. The fourth-order valence-electron chi connectivity index (χ4n) is 2.64. The monoisotopic (exact) mass is 285 g/mol. The molecule has 0 unspecified atom stereocenters. The molecule has 0 radical (unpaired) electrons. The number of aryl methyl sites for hydroxylation is 1. The summed E-state index contributed by atoms with van der Waals surface area (Å²) in [4.78, 5) is 8.70. The summed E-state index contributed by atoms with van der Waals surface area (Å²) in [7, 11) is 0. The van der Waals surface area contributed by atoms with Crippen molar-refractivity contribution in [2.45, 2.75) is 26.7 Å². The number of pyridine rings is 1. The number of benzene rings is 1. The molecule has 0 amide bonds. The van der Waals surface area contributed by atoms with Gasteiger partial charge in [0.2, 0.25) is 0 Å². The van der Waals surface area contributed by atoms with Crippen LogP contribution in [0, 0.1) is 6.92 Å². The number of aromatic nitrogens is 3. The molecule has 3 nitrogen and oxygen atoms in total. The summed E-state index contributed by atoms with van der Waals surface area (Å²) in [5, 5.41) is 1.93. The van der Waals surface area contributed by atoms with Crippen LogP contribution in [0.15, 0.2) is 37.1 Å². The Morgan fingerprint density at radius 1 is 1.25 bits per heavy atom. The van der Waals surface area contributed by atoms with E-state index in [2.05, 4.69) is 30.7 Å². The molecule has 0 saturated carbocycles. The lowest BCUT2D eigenvalue weighted by atomic mass is 9.94. The van der Waals surface area contributed by atoms with E-state index in [0.29, 0.717) is 5.92 Å². The second kappa shape index (κ2) is 4.91. The number of nitrogens with zero attached hydrogens (tertiary/aromatic N) is 3. The lowest BCUT2D eigenvalue weighted by molar-refractivity contribution is 0.851. The van der Waals surface area contributed by atoms with Gasteiger partial charge in [-0.25, -0.2) is 4.98 Å². The first-order chi connectivity index (χ1) is 9.59. The summed E-state index contributed by atoms with van der Waals surface area (Å²) in [6, 6.07) is 3.89. The van der Waals surface area contributed by atoms with Crippen LogP contribution in [-0.4, -0.2) is 14.5 Å². The average Bonchev–Trinajstić information content (AvgIpc) is 2.95. The minimum Gasteiger partial charge on any atom is -0.304 e. The molecular formula is C16H16ClN3. The highest BCUT2D eigenvalue weighted by molar-refractivity contribution is 6.32. The normalized spacial score (nSPS) is 11.4. The van der Waals surface area contributed by atoms with Crippen molar-refractivity contribution < 1.29 is 0 Å². The fourth-order valence-corrected chi connectivity index (χ4v) is 2.80. The molecule has 0 atom stereocenters. The molecule has 0 aliphatic rings. The molecule has 3 aromatic rings. The zero-order valence-electron chi connectivity index (χ0n) is 11.8. The van der Waals surface area contributed by atoms with Crippen molar-refractivity contribution >= 4 is 22.5 Å². The van der Waals surface area contributed by atoms with E-state index in [4.69, 9.17) is 11.6 Å². The van der Waals surface area contributed by atoms with Gasteiger partial charge in [0, 0.05) is 22.8 Å². The van der Waals surface area contributed by atoms with Crippen molar-refractivity contribution in [3.8, 4) is 5.69 Å². The zero-order valence-corrected chi connectivity index (χ0v) is 12.5. The molecule has 20 heavy (non-hydrogen) atoms. The van der Waals surface area contributed by atoms with Crippen molar-refractivity contribution in [1.82, 2.24) is 14.5 Å². The Hall–Kier alpha value is -1.87.